The number of thioether (sulfide) groups is 1. The molecule has 0 saturated heterocycles. The van der Waals surface area contributed by atoms with Gasteiger partial charge >= 0.3 is 0 Å². The molecule has 4 rings (SSSR count). The van der Waals surface area contributed by atoms with Gasteiger partial charge in [0.2, 0.25) is 0 Å². The van der Waals surface area contributed by atoms with E-state index >= 15 is 0 Å². The molecule has 0 atom stereocenters. The normalized spacial score (nSPS) is 10.9. The number of rotatable bonds is 8. The molecule has 0 aliphatic rings. The summed E-state index contributed by atoms with van der Waals surface area (Å²) < 4.78 is 5.14. The summed E-state index contributed by atoms with van der Waals surface area (Å²) in [5.41, 5.74) is 3.75. The first kappa shape index (κ1) is 22.6. The molecule has 0 aliphatic carbocycles. The van der Waals surface area contributed by atoms with Gasteiger partial charge in [-0.25, -0.2) is 4.98 Å². The summed E-state index contributed by atoms with van der Waals surface area (Å²) in [6.07, 6.45) is 0. The Morgan fingerprint density at radius 3 is 2.06 bits per heavy atom. The van der Waals surface area contributed by atoms with E-state index < -0.39 is 0 Å². The molecule has 1 heterocycles. The highest BCUT2D eigenvalue weighted by Gasteiger charge is 2.22. The molecule has 0 saturated carbocycles. The molecule has 0 amide bonds. The molecule has 6 heteroatoms. The molecule has 33 heavy (non-hydrogen) atoms. The second kappa shape index (κ2) is 10.3. The lowest BCUT2D eigenvalue weighted by Crippen LogP contribution is -2.19. The number of ether oxygens (including phenoxy) is 1. The largest absolute Gasteiger partial charge is 0.497 e. The van der Waals surface area contributed by atoms with Crippen molar-refractivity contribution in [2.24, 2.45) is 0 Å². The highest BCUT2D eigenvalue weighted by atomic mass is 32.2. The third-order valence-electron chi connectivity index (χ3n) is 5.46. The molecular weight excluding hydrogens is 432 g/mol. The van der Waals surface area contributed by atoms with Crippen molar-refractivity contribution >= 4 is 17.5 Å². The van der Waals surface area contributed by atoms with Crippen LogP contribution in [-0.2, 0) is 0 Å². The minimum Gasteiger partial charge on any atom is -0.497 e. The van der Waals surface area contributed by atoms with Crippen molar-refractivity contribution in [3.8, 4) is 5.75 Å². The van der Waals surface area contributed by atoms with Gasteiger partial charge in [-0.1, -0.05) is 72.4 Å². The van der Waals surface area contributed by atoms with E-state index in [1.807, 2.05) is 60.7 Å². The number of Topliss-reactive ketones (excluding diaryl/α,β-unsaturated/α-hetero) is 1. The summed E-state index contributed by atoms with van der Waals surface area (Å²) in [4.78, 5) is 33.1. The third-order valence-corrected chi connectivity index (χ3v) is 6.33. The van der Waals surface area contributed by atoms with Crippen molar-refractivity contribution < 1.29 is 9.53 Å². The van der Waals surface area contributed by atoms with Gasteiger partial charge in [-0.05, 0) is 42.3 Å². The van der Waals surface area contributed by atoms with Crippen LogP contribution < -0.4 is 10.3 Å². The van der Waals surface area contributed by atoms with Crippen molar-refractivity contribution in [1.29, 1.82) is 0 Å². The lowest BCUT2D eigenvalue weighted by atomic mass is 9.87. The molecular formula is C27H24N2O3S. The fraction of sp³-hybridized carbons (Fsp3) is 0.148. The molecule has 1 N–H and O–H groups in total. The van der Waals surface area contributed by atoms with Crippen molar-refractivity contribution in [2.75, 3.05) is 12.9 Å². The average molecular weight is 457 g/mol. The fourth-order valence-corrected chi connectivity index (χ4v) is 4.43. The van der Waals surface area contributed by atoms with Gasteiger partial charge in [0.05, 0.1) is 24.5 Å². The van der Waals surface area contributed by atoms with Crippen LogP contribution in [0.25, 0.3) is 0 Å². The number of aromatic nitrogens is 2. The number of ketones is 1. The molecule has 166 valence electrons. The zero-order valence-electron chi connectivity index (χ0n) is 18.4. The quantitative estimate of drug-likeness (QED) is 0.223. The maximum absolute atomic E-state index is 12.8. The first-order chi connectivity index (χ1) is 16.1. The van der Waals surface area contributed by atoms with Crippen LogP contribution in [0.1, 0.15) is 38.7 Å². The van der Waals surface area contributed by atoms with E-state index in [-0.39, 0.29) is 23.0 Å². The SMILES string of the molecule is COc1ccc(C(=O)CSc2nc(C(c3ccccc3)c3ccccc3)c(C)c(=O)[nH]2)cc1. The molecule has 3 aromatic carbocycles. The van der Waals surface area contributed by atoms with Gasteiger partial charge in [0.25, 0.3) is 5.56 Å². The molecule has 0 radical (unpaired) electrons. The number of benzene rings is 3. The third kappa shape index (κ3) is 5.23. The van der Waals surface area contributed by atoms with Crippen LogP contribution in [0.2, 0.25) is 0 Å². The van der Waals surface area contributed by atoms with Crippen LogP contribution in [0.15, 0.2) is 94.9 Å². The standard InChI is InChI=1S/C27H24N2O3S/c1-18-25(24(20-9-5-3-6-10-20)21-11-7-4-8-12-21)28-27(29-26(18)31)33-17-23(30)19-13-15-22(32-2)16-14-19/h3-16,24H,17H2,1-2H3,(H,28,29,31). The number of carbonyl (C=O) groups excluding carboxylic acids is 1. The van der Waals surface area contributed by atoms with Gasteiger partial charge in [-0.3, -0.25) is 9.59 Å². The Hall–Kier alpha value is -3.64. The summed E-state index contributed by atoms with van der Waals surface area (Å²) in [5.74, 6) is 0.627. The van der Waals surface area contributed by atoms with Gasteiger partial charge in [-0.15, -0.1) is 0 Å². The van der Waals surface area contributed by atoms with Crippen molar-refractivity contribution in [3.63, 3.8) is 0 Å². The molecule has 0 unspecified atom stereocenters. The first-order valence-electron chi connectivity index (χ1n) is 10.6. The van der Waals surface area contributed by atoms with E-state index in [0.29, 0.717) is 27.7 Å². The number of aromatic amines is 1. The summed E-state index contributed by atoms with van der Waals surface area (Å²) in [6, 6.07) is 27.0. The maximum atomic E-state index is 12.8. The van der Waals surface area contributed by atoms with Gasteiger partial charge < -0.3 is 9.72 Å². The molecule has 5 nitrogen and oxygen atoms in total. The number of hydrogen-bond acceptors (Lipinski definition) is 5. The lowest BCUT2D eigenvalue weighted by molar-refractivity contribution is 0.102. The molecule has 0 bridgehead atoms. The van der Waals surface area contributed by atoms with E-state index in [1.165, 1.54) is 11.8 Å². The van der Waals surface area contributed by atoms with Crippen LogP contribution in [0.5, 0.6) is 5.75 Å². The zero-order chi connectivity index (χ0) is 23.2. The van der Waals surface area contributed by atoms with E-state index in [9.17, 15) is 9.59 Å². The monoisotopic (exact) mass is 456 g/mol. The van der Waals surface area contributed by atoms with Crippen LogP contribution in [0.4, 0.5) is 0 Å². The van der Waals surface area contributed by atoms with Gasteiger partial charge in [-0.2, -0.15) is 0 Å². The van der Waals surface area contributed by atoms with Crippen molar-refractivity contribution in [2.45, 2.75) is 18.0 Å². The predicted octanol–water partition coefficient (Wildman–Crippen LogP) is 5.24. The molecule has 1 aromatic heterocycles. The lowest BCUT2D eigenvalue weighted by Gasteiger charge is -2.20. The highest BCUT2D eigenvalue weighted by molar-refractivity contribution is 7.99. The van der Waals surface area contributed by atoms with E-state index in [1.54, 1.807) is 38.3 Å². The highest BCUT2D eigenvalue weighted by Crippen LogP contribution is 2.32. The van der Waals surface area contributed by atoms with E-state index in [0.717, 1.165) is 11.1 Å². The van der Waals surface area contributed by atoms with E-state index in [2.05, 4.69) is 4.98 Å². The molecule has 0 aliphatic heterocycles. The number of H-pyrrole nitrogens is 1. The Balaban J connectivity index is 1.65. The summed E-state index contributed by atoms with van der Waals surface area (Å²) >= 11 is 1.23. The number of methoxy groups -OCH3 is 1. The summed E-state index contributed by atoms with van der Waals surface area (Å²) in [5, 5.41) is 0.430. The zero-order valence-corrected chi connectivity index (χ0v) is 19.3. The maximum Gasteiger partial charge on any atom is 0.254 e. The number of nitrogens with one attached hydrogen (secondary N) is 1. The number of carbonyl (C=O) groups is 1. The van der Waals surface area contributed by atoms with Crippen molar-refractivity contribution in [1.82, 2.24) is 9.97 Å². The van der Waals surface area contributed by atoms with Crippen LogP contribution in [0, 0.1) is 6.92 Å². The Morgan fingerprint density at radius 1 is 0.939 bits per heavy atom. The Bertz CT molecular complexity index is 1250. The minimum absolute atomic E-state index is 0.0462. The smallest absolute Gasteiger partial charge is 0.254 e. The molecule has 0 spiro atoms. The Labute approximate surface area is 196 Å². The topological polar surface area (TPSA) is 72.0 Å². The second-order valence-electron chi connectivity index (χ2n) is 7.58. The van der Waals surface area contributed by atoms with E-state index in [4.69, 9.17) is 9.72 Å². The molecule has 4 aromatic rings. The van der Waals surface area contributed by atoms with Crippen LogP contribution in [-0.4, -0.2) is 28.6 Å². The van der Waals surface area contributed by atoms with Crippen LogP contribution >= 0.6 is 11.8 Å². The number of hydrogen-bond donors (Lipinski definition) is 1. The first-order valence-corrected chi connectivity index (χ1v) is 11.6. The van der Waals surface area contributed by atoms with Crippen molar-refractivity contribution in [3.05, 3.63) is 123 Å². The predicted molar refractivity (Wildman–Crippen MR) is 131 cm³/mol. The van der Waals surface area contributed by atoms with Gasteiger partial charge in [0.15, 0.2) is 10.9 Å². The average Bonchev–Trinajstić information content (AvgIpc) is 2.87. The number of nitrogens with zero attached hydrogens (tertiary/aromatic N) is 1. The summed E-state index contributed by atoms with van der Waals surface area (Å²) in [6.45, 7) is 1.79. The minimum atomic E-state index is -0.198. The Kier molecular flexibility index (Phi) is 7.05. The van der Waals surface area contributed by atoms with Crippen LogP contribution in [0.3, 0.4) is 0 Å². The molecule has 0 fully saturated rings. The second-order valence-corrected chi connectivity index (χ2v) is 8.54. The summed E-state index contributed by atoms with van der Waals surface area (Å²) in [7, 11) is 1.59. The Morgan fingerprint density at radius 2 is 1.52 bits per heavy atom. The fourth-order valence-electron chi connectivity index (χ4n) is 3.67. The van der Waals surface area contributed by atoms with Gasteiger partial charge in [0, 0.05) is 11.1 Å². The van der Waals surface area contributed by atoms with Gasteiger partial charge in [0.1, 0.15) is 5.75 Å².